The van der Waals surface area contributed by atoms with Gasteiger partial charge in [0.15, 0.2) is 0 Å². The number of fused-ring (bicyclic) bond motifs is 1. The molecule has 24 heavy (non-hydrogen) atoms. The van der Waals surface area contributed by atoms with Crippen LogP contribution in [0.5, 0.6) is 0 Å². The number of unbranched alkanes of at least 4 members (excludes halogenated alkanes) is 1. The van der Waals surface area contributed by atoms with Crippen LogP contribution in [0.2, 0.25) is 0 Å². The van der Waals surface area contributed by atoms with Gasteiger partial charge in [-0.05, 0) is 25.5 Å². The van der Waals surface area contributed by atoms with E-state index in [9.17, 15) is 23.1 Å². The largest absolute Gasteiger partial charge is 0.480 e. The molecule has 0 aliphatic carbocycles. The second-order valence-electron chi connectivity index (χ2n) is 5.59. The Hall–Kier alpha value is -2.38. The van der Waals surface area contributed by atoms with E-state index in [0.717, 1.165) is 12.0 Å². The van der Waals surface area contributed by atoms with Crippen molar-refractivity contribution in [2.45, 2.75) is 45.3 Å². The number of nitrogens with zero attached hydrogens (tertiary/aromatic N) is 2. The average molecular weight is 341 g/mol. The summed E-state index contributed by atoms with van der Waals surface area (Å²) in [5.41, 5.74) is 0.930. The number of rotatable bonds is 6. The molecule has 5 nitrogen and oxygen atoms in total. The summed E-state index contributed by atoms with van der Waals surface area (Å²) in [5.74, 6) is -2.53. The van der Waals surface area contributed by atoms with Crippen LogP contribution in [-0.4, -0.2) is 27.1 Å². The summed E-state index contributed by atoms with van der Waals surface area (Å²) in [4.78, 5) is 18.4. The SMILES string of the molecule is CCCCC(Nc1nc(C(F)(F)F)nc2ccc(C)cc12)C(=O)O. The Morgan fingerprint density at radius 1 is 1.33 bits per heavy atom. The van der Waals surface area contributed by atoms with Crippen molar-refractivity contribution < 1.29 is 23.1 Å². The zero-order valence-corrected chi connectivity index (χ0v) is 13.3. The first-order chi connectivity index (χ1) is 11.2. The lowest BCUT2D eigenvalue weighted by molar-refractivity contribution is -0.144. The van der Waals surface area contributed by atoms with Crippen molar-refractivity contribution in [1.29, 1.82) is 0 Å². The van der Waals surface area contributed by atoms with Crippen molar-refractivity contribution in [3.63, 3.8) is 0 Å². The van der Waals surface area contributed by atoms with E-state index in [2.05, 4.69) is 15.3 Å². The van der Waals surface area contributed by atoms with Crippen molar-refractivity contribution in [3.05, 3.63) is 29.6 Å². The molecule has 0 aliphatic heterocycles. The van der Waals surface area contributed by atoms with E-state index in [1.54, 1.807) is 19.1 Å². The van der Waals surface area contributed by atoms with Crippen molar-refractivity contribution in [3.8, 4) is 0 Å². The van der Waals surface area contributed by atoms with Gasteiger partial charge in [-0.3, -0.25) is 0 Å². The number of halogens is 3. The molecular weight excluding hydrogens is 323 g/mol. The predicted molar refractivity (Wildman–Crippen MR) is 83.8 cm³/mol. The van der Waals surface area contributed by atoms with Crippen LogP contribution in [0, 0.1) is 6.92 Å². The Morgan fingerprint density at radius 3 is 2.62 bits per heavy atom. The van der Waals surface area contributed by atoms with Gasteiger partial charge < -0.3 is 10.4 Å². The summed E-state index contributed by atoms with van der Waals surface area (Å²) in [6, 6.07) is 3.74. The summed E-state index contributed by atoms with van der Waals surface area (Å²) in [6.07, 6.45) is -3.00. The molecule has 1 aromatic heterocycles. The molecule has 0 bridgehead atoms. The second kappa shape index (κ2) is 7.02. The summed E-state index contributed by atoms with van der Waals surface area (Å²) < 4.78 is 39.0. The first kappa shape index (κ1) is 18.0. The molecular formula is C16H18F3N3O2. The van der Waals surface area contributed by atoms with E-state index in [1.807, 2.05) is 6.92 Å². The number of aliphatic carboxylic acids is 1. The zero-order valence-electron chi connectivity index (χ0n) is 13.3. The van der Waals surface area contributed by atoms with Gasteiger partial charge in [0.1, 0.15) is 11.9 Å². The summed E-state index contributed by atoms with van der Waals surface area (Å²) in [5, 5.41) is 12.3. The molecule has 1 heterocycles. The van der Waals surface area contributed by atoms with Gasteiger partial charge >= 0.3 is 12.1 Å². The number of carboxylic acids is 1. The van der Waals surface area contributed by atoms with Gasteiger partial charge in [0, 0.05) is 5.39 Å². The highest BCUT2D eigenvalue weighted by molar-refractivity contribution is 5.91. The number of aryl methyl sites for hydroxylation is 1. The smallest absolute Gasteiger partial charge is 0.451 e. The fraction of sp³-hybridized carbons (Fsp3) is 0.438. The van der Waals surface area contributed by atoms with E-state index < -0.39 is 24.0 Å². The Bertz CT molecular complexity index is 747. The third-order valence-corrected chi connectivity index (χ3v) is 3.56. The average Bonchev–Trinajstić information content (AvgIpc) is 2.50. The number of hydrogen-bond acceptors (Lipinski definition) is 4. The molecule has 1 atom stereocenters. The van der Waals surface area contributed by atoms with Crippen LogP contribution in [0.15, 0.2) is 18.2 Å². The van der Waals surface area contributed by atoms with Crippen molar-refractivity contribution in [1.82, 2.24) is 9.97 Å². The van der Waals surface area contributed by atoms with Crippen molar-refractivity contribution >= 4 is 22.7 Å². The molecule has 1 aromatic carbocycles. The van der Waals surface area contributed by atoms with E-state index >= 15 is 0 Å². The van der Waals surface area contributed by atoms with Crippen LogP contribution in [0.3, 0.4) is 0 Å². The number of hydrogen-bond donors (Lipinski definition) is 2. The minimum atomic E-state index is -4.71. The van der Waals surface area contributed by atoms with Crippen LogP contribution in [0.4, 0.5) is 19.0 Å². The van der Waals surface area contributed by atoms with Crippen LogP contribution in [-0.2, 0) is 11.0 Å². The maximum atomic E-state index is 13.0. The molecule has 0 saturated carbocycles. The van der Waals surface area contributed by atoms with Crippen molar-refractivity contribution in [2.75, 3.05) is 5.32 Å². The lowest BCUT2D eigenvalue weighted by Crippen LogP contribution is -2.30. The molecule has 8 heteroatoms. The molecule has 1 unspecified atom stereocenters. The zero-order chi connectivity index (χ0) is 17.9. The molecule has 0 amide bonds. The molecule has 2 aromatic rings. The van der Waals surface area contributed by atoms with Crippen LogP contribution < -0.4 is 5.32 Å². The van der Waals surface area contributed by atoms with Gasteiger partial charge in [-0.25, -0.2) is 14.8 Å². The third-order valence-electron chi connectivity index (χ3n) is 3.56. The molecule has 0 spiro atoms. The van der Waals surface area contributed by atoms with Crippen LogP contribution in [0.25, 0.3) is 10.9 Å². The van der Waals surface area contributed by atoms with E-state index in [4.69, 9.17) is 0 Å². The normalized spacial score (nSPS) is 13.0. The van der Waals surface area contributed by atoms with Gasteiger partial charge in [0.05, 0.1) is 5.52 Å². The molecule has 0 saturated heterocycles. The van der Waals surface area contributed by atoms with Gasteiger partial charge in [-0.1, -0.05) is 31.4 Å². The summed E-state index contributed by atoms with van der Waals surface area (Å²) >= 11 is 0. The van der Waals surface area contributed by atoms with Crippen molar-refractivity contribution in [2.24, 2.45) is 0 Å². The minimum absolute atomic E-state index is 0.112. The summed E-state index contributed by atoms with van der Waals surface area (Å²) in [6.45, 7) is 3.69. The Morgan fingerprint density at radius 2 is 2.04 bits per heavy atom. The monoisotopic (exact) mass is 341 g/mol. The number of alkyl halides is 3. The van der Waals surface area contributed by atoms with Gasteiger partial charge in [0.2, 0.25) is 5.82 Å². The van der Waals surface area contributed by atoms with E-state index in [1.165, 1.54) is 6.07 Å². The Balaban J connectivity index is 2.52. The van der Waals surface area contributed by atoms with Crippen LogP contribution in [0.1, 0.15) is 37.6 Å². The number of carbonyl (C=O) groups is 1. The number of nitrogens with one attached hydrogen (secondary N) is 1. The first-order valence-corrected chi connectivity index (χ1v) is 7.57. The highest BCUT2D eigenvalue weighted by Gasteiger charge is 2.36. The number of carboxylic acid groups (broad SMARTS) is 1. The standard InChI is InChI=1S/C16H18F3N3O2/c1-3-4-5-12(14(23)24)20-13-10-8-9(2)6-7-11(10)21-15(22-13)16(17,18)19/h6-8,12H,3-5H2,1-2H3,(H,23,24)(H,20,21,22). The molecule has 0 radical (unpaired) electrons. The number of benzene rings is 1. The maximum Gasteiger partial charge on any atom is 0.451 e. The molecule has 0 fully saturated rings. The first-order valence-electron chi connectivity index (χ1n) is 7.57. The molecule has 2 rings (SSSR count). The lowest BCUT2D eigenvalue weighted by Gasteiger charge is -2.17. The highest BCUT2D eigenvalue weighted by atomic mass is 19.4. The van der Waals surface area contributed by atoms with Crippen LogP contribution >= 0.6 is 0 Å². The topological polar surface area (TPSA) is 75.1 Å². The maximum absolute atomic E-state index is 13.0. The minimum Gasteiger partial charge on any atom is -0.480 e. The lowest BCUT2D eigenvalue weighted by atomic mass is 10.1. The summed E-state index contributed by atoms with van der Waals surface area (Å²) in [7, 11) is 0. The van der Waals surface area contributed by atoms with E-state index in [0.29, 0.717) is 18.2 Å². The predicted octanol–water partition coefficient (Wildman–Crippen LogP) is 4.01. The van der Waals surface area contributed by atoms with Gasteiger partial charge in [-0.15, -0.1) is 0 Å². The third kappa shape index (κ3) is 4.12. The fourth-order valence-electron chi connectivity index (χ4n) is 2.31. The van der Waals surface area contributed by atoms with E-state index in [-0.39, 0.29) is 11.3 Å². The Labute approximate surface area is 136 Å². The molecule has 130 valence electrons. The number of aromatic nitrogens is 2. The Kier molecular flexibility index (Phi) is 5.26. The quantitative estimate of drug-likeness (QED) is 0.830. The van der Waals surface area contributed by atoms with Gasteiger partial charge in [-0.2, -0.15) is 13.2 Å². The second-order valence-corrected chi connectivity index (χ2v) is 5.59. The molecule has 2 N–H and O–H groups in total. The van der Waals surface area contributed by atoms with Gasteiger partial charge in [0.25, 0.3) is 0 Å². The highest BCUT2D eigenvalue weighted by Crippen LogP contribution is 2.31. The molecule has 0 aliphatic rings. The number of anilines is 1. The fourth-order valence-corrected chi connectivity index (χ4v) is 2.31.